The number of likely N-dealkylation sites (tertiary alicyclic amines) is 1. The zero-order valence-electron chi connectivity index (χ0n) is 15.6. The lowest BCUT2D eigenvalue weighted by Crippen LogP contribution is -2.62. The molecule has 7 nitrogen and oxygen atoms in total. The molecule has 26 heavy (non-hydrogen) atoms. The van der Waals surface area contributed by atoms with Gasteiger partial charge in [-0.05, 0) is 37.5 Å². The number of carbonyl (C=O) groups is 2. The fraction of sp³-hybridized carbons (Fsp3) is 0.789. The first-order chi connectivity index (χ1) is 12.5. The Bertz CT molecular complexity index is 668. The van der Waals surface area contributed by atoms with Crippen LogP contribution in [0.1, 0.15) is 68.4 Å². The number of rotatable bonds is 3. The van der Waals surface area contributed by atoms with Crippen molar-refractivity contribution in [3.05, 3.63) is 12.2 Å². The highest BCUT2D eigenvalue weighted by Crippen LogP contribution is 2.49. The second-order valence-corrected chi connectivity index (χ2v) is 8.51. The standard InChI is InChI=1S/C19H29N5O2/c1-23-13-20-16(22-23)17(25)21-15-11-24(12-15)18(26)14-6-5-9-19(10-14)7-3-2-4-8-19/h13-15H,2-12H2,1H3,(H,21,25). The Hall–Kier alpha value is -1.92. The van der Waals surface area contributed by atoms with Crippen LogP contribution in [-0.4, -0.2) is 50.6 Å². The van der Waals surface area contributed by atoms with E-state index in [0.717, 1.165) is 12.8 Å². The monoisotopic (exact) mass is 359 g/mol. The van der Waals surface area contributed by atoms with E-state index in [2.05, 4.69) is 15.4 Å². The van der Waals surface area contributed by atoms with Crippen LogP contribution in [0.25, 0.3) is 0 Å². The maximum absolute atomic E-state index is 12.9. The maximum Gasteiger partial charge on any atom is 0.291 e. The molecule has 2 saturated carbocycles. The van der Waals surface area contributed by atoms with E-state index in [1.54, 1.807) is 7.05 Å². The van der Waals surface area contributed by atoms with Gasteiger partial charge < -0.3 is 10.2 Å². The summed E-state index contributed by atoms with van der Waals surface area (Å²) in [6, 6.07) is 0.0162. The molecule has 1 aliphatic heterocycles. The Morgan fingerprint density at radius 2 is 1.88 bits per heavy atom. The Kier molecular flexibility index (Phi) is 4.71. The number of nitrogens with one attached hydrogen (secondary N) is 1. The topological polar surface area (TPSA) is 80.1 Å². The van der Waals surface area contributed by atoms with Crippen LogP contribution in [0.4, 0.5) is 0 Å². The van der Waals surface area contributed by atoms with Gasteiger partial charge in [0, 0.05) is 26.1 Å². The molecule has 1 aromatic heterocycles. The van der Waals surface area contributed by atoms with Gasteiger partial charge in [0.2, 0.25) is 11.7 Å². The van der Waals surface area contributed by atoms with Crippen LogP contribution in [0.5, 0.6) is 0 Å². The highest BCUT2D eigenvalue weighted by atomic mass is 16.2. The molecule has 1 N–H and O–H groups in total. The van der Waals surface area contributed by atoms with E-state index in [1.807, 2.05) is 4.90 Å². The van der Waals surface area contributed by atoms with Crippen molar-refractivity contribution in [2.75, 3.05) is 13.1 Å². The van der Waals surface area contributed by atoms with Crippen LogP contribution in [0.2, 0.25) is 0 Å². The van der Waals surface area contributed by atoms with Gasteiger partial charge in [-0.1, -0.05) is 25.7 Å². The number of amides is 2. The molecule has 2 amide bonds. The van der Waals surface area contributed by atoms with Gasteiger partial charge in [0.1, 0.15) is 6.33 Å². The van der Waals surface area contributed by atoms with Crippen LogP contribution in [-0.2, 0) is 11.8 Å². The normalized spacial score (nSPS) is 25.7. The average Bonchev–Trinajstić information content (AvgIpc) is 3.04. The van der Waals surface area contributed by atoms with Crippen LogP contribution >= 0.6 is 0 Å². The van der Waals surface area contributed by atoms with Gasteiger partial charge in [0.25, 0.3) is 5.91 Å². The largest absolute Gasteiger partial charge is 0.343 e. The third kappa shape index (κ3) is 3.48. The van der Waals surface area contributed by atoms with Crippen molar-refractivity contribution in [3.63, 3.8) is 0 Å². The van der Waals surface area contributed by atoms with Gasteiger partial charge in [-0.3, -0.25) is 14.3 Å². The van der Waals surface area contributed by atoms with Gasteiger partial charge >= 0.3 is 0 Å². The van der Waals surface area contributed by atoms with Crippen molar-refractivity contribution in [2.45, 2.75) is 63.8 Å². The van der Waals surface area contributed by atoms with Gasteiger partial charge in [0.05, 0.1) is 6.04 Å². The minimum absolute atomic E-state index is 0.0162. The van der Waals surface area contributed by atoms with Gasteiger partial charge in [0.15, 0.2) is 0 Å². The highest BCUT2D eigenvalue weighted by molar-refractivity contribution is 5.90. The molecule has 3 fully saturated rings. The van der Waals surface area contributed by atoms with E-state index < -0.39 is 0 Å². The molecule has 2 aliphatic carbocycles. The van der Waals surface area contributed by atoms with E-state index in [-0.39, 0.29) is 23.7 Å². The van der Waals surface area contributed by atoms with Crippen molar-refractivity contribution in [3.8, 4) is 0 Å². The molecule has 4 rings (SSSR count). The number of hydrogen-bond acceptors (Lipinski definition) is 4. The molecule has 7 heteroatoms. The Morgan fingerprint density at radius 1 is 1.15 bits per heavy atom. The molecule has 1 spiro atoms. The number of hydrogen-bond donors (Lipinski definition) is 1. The molecule has 1 aromatic rings. The molecular formula is C19H29N5O2. The Labute approximate surface area is 154 Å². The minimum Gasteiger partial charge on any atom is -0.343 e. The molecule has 1 saturated heterocycles. The summed E-state index contributed by atoms with van der Waals surface area (Å²) >= 11 is 0. The van der Waals surface area contributed by atoms with E-state index in [4.69, 9.17) is 0 Å². The predicted octanol–water partition coefficient (Wildman–Crippen LogP) is 1.90. The van der Waals surface area contributed by atoms with E-state index in [9.17, 15) is 9.59 Å². The van der Waals surface area contributed by atoms with E-state index in [1.165, 1.54) is 56.0 Å². The van der Waals surface area contributed by atoms with Crippen molar-refractivity contribution >= 4 is 11.8 Å². The first-order valence-electron chi connectivity index (χ1n) is 10.00. The number of aromatic nitrogens is 3. The summed E-state index contributed by atoms with van der Waals surface area (Å²) in [5.41, 5.74) is 0.444. The summed E-state index contributed by atoms with van der Waals surface area (Å²) < 4.78 is 1.51. The predicted molar refractivity (Wildman–Crippen MR) is 96.3 cm³/mol. The zero-order chi connectivity index (χ0) is 18.1. The molecule has 3 aliphatic rings. The molecule has 142 valence electrons. The number of carbonyl (C=O) groups excluding carboxylic acids is 2. The average molecular weight is 359 g/mol. The van der Waals surface area contributed by atoms with Crippen molar-refractivity contribution in [2.24, 2.45) is 18.4 Å². The lowest BCUT2D eigenvalue weighted by Gasteiger charge is -2.46. The van der Waals surface area contributed by atoms with Crippen molar-refractivity contribution < 1.29 is 9.59 Å². The van der Waals surface area contributed by atoms with Crippen molar-refractivity contribution in [1.82, 2.24) is 25.0 Å². The molecule has 2 heterocycles. The van der Waals surface area contributed by atoms with Gasteiger partial charge in [-0.15, -0.1) is 5.10 Å². The van der Waals surface area contributed by atoms with Crippen LogP contribution in [0, 0.1) is 11.3 Å². The molecule has 0 aromatic carbocycles. The third-order valence-corrected chi connectivity index (χ3v) is 6.53. The summed E-state index contributed by atoms with van der Waals surface area (Å²) in [6.45, 7) is 1.22. The van der Waals surface area contributed by atoms with Crippen LogP contribution in [0.15, 0.2) is 6.33 Å². The summed E-state index contributed by atoms with van der Waals surface area (Å²) in [6.07, 6.45) is 12.8. The summed E-state index contributed by atoms with van der Waals surface area (Å²) in [5, 5.41) is 6.93. The molecule has 1 unspecified atom stereocenters. The first-order valence-corrected chi connectivity index (χ1v) is 10.00. The quantitative estimate of drug-likeness (QED) is 0.894. The third-order valence-electron chi connectivity index (χ3n) is 6.53. The number of nitrogens with zero attached hydrogens (tertiary/aromatic N) is 4. The summed E-state index contributed by atoms with van der Waals surface area (Å²) in [7, 11) is 1.73. The van der Waals surface area contributed by atoms with Crippen molar-refractivity contribution in [1.29, 1.82) is 0 Å². The van der Waals surface area contributed by atoms with Crippen LogP contribution in [0.3, 0.4) is 0 Å². The molecule has 0 bridgehead atoms. The zero-order valence-corrected chi connectivity index (χ0v) is 15.6. The molecule has 0 radical (unpaired) electrons. The lowest BCUT2D eigenvalue weighted by atomic mass is 9.62. The summed E-state index contributed by atoms with van der Waals surface area (Å²) in [5.74, 6) is 0.414. The fourth-order valence-electron chi connectivity index (χ4n) is 5.12. The smallest absolute Gasteiger partial charge is 0.291 e. The van der Waals surface area contributed by atoms with Crippen LogP contribution < -0.4 is 5.32 Å². The van der Waals surface area contributed by atoms with E-state index in [0.29, 0.717) is 24.4 Å². The van der Waals surface area contributed by atoms with Gasteiger partial charge in [-0.25, -0.2) is 4.98 Å². The number of aryl methyl sites for hydroxylation is 1. The SMILES string of the molecule is Cn1cnc(C(=O)NC2CN(C(=O)C3CCCC4(CCCCC4)C3)C2)n1. The summed E-state index contributed by atoms with van der Waals surface area (Å²) in [4.78, 5) is 30.9. The van der Waals surface area contributed by atoms with E-state index >= 15 is 0 Å². The Balaban J connectivity index is 1.27. The fourth-order valence-corrected chi connectivity index (χ4v) is 5.12. The molecule has 1 atom stereocenters. The minimum atomic E-state index is -0.262. The first kappa shape index (κ1) is 17.5. The highest BCUT2D eigenvalue weighted by Gasteiger charge is 2.42. The maximum atomic E-state index is 12.9. The lowest BCUT2D eigenvalue weighted by molar-refractivity contribution is -0.143. The second-order valence-electron chi connectivity index (χ2n) is 8.51. The van der Waals surface area contributed by atoms with Gasteiger partial charge in [-0.2, -0.15) is 0 Å². The second kappa shape index (κ2) is 7.00. The Morgan fingerprint density at radius 3 is 2.58 bits per heavy atom. The molecular weight excluding hydrogens is 330 g/mol.